The van der Waals surface area contributed by atoms with Gasteiger partial charge in [0.15, 0.2) is 0 Å². The molecule has 2 N–H and O–H groups in total. The van der Waals surface area contributed by atoms with Crippen LogP contribution in [0.15, 0.2) is 43.0 Å². The van der Waals surface area contributed by atoms with Crippen molar-refractivity contribution >= 4 is 5.82 Å². The van der Waals surface area contributed by atoms with E-state index in [4.69, 9.17) is 0 Å². The van der Waals surface area contributed by atoms with Gasteiger partial charge in [0.2, 0.25) is 0 Å². The summed E-state index contributed by atoms with van der Waals surface area (Å²) in [6.45, 7) is 0. The Morgan fingerprint density at radius 2 is 1.97 bits per heavy atom. The molecule has 32 heavy (non-hydrogen) atoms. The van der Waals surface area contributed by atoms with E-state index in [0.717, 1.165) is 30.4 Å². The van der Waals surface area contributed by atoms with Crippen molar-refractivity contribution in [3.8, 4) is 28.1 Å². The molecular formula is C24H27FN6O. The Labute approximate surface area is 186 Å². The average Bonchev–Trinajstić information content (AvgIpc) is 3.40. The Bertz CT molecular complexity index is 1130. The van der Waals surface area contributed by atoms with E-state index < -0.39 is 6.17 Å². The Morgan fingerprint density at radius 1 is 1.09 bits per heavy atom. The van der Waals surface area contributed by atoms with Crippen LogP contribution in [0.3, 0.4) is 0 Å². The first-order valence-corrected chi connectivity index (χ1v) is 11.4. The Kier molecular flexibility index (Phi) is 4.64. The molecule has 0 spiro atoms. The molecule has 1 saturated carbocycles. The molecule has 2 saturated heterocycles. The zero-order valence-electron chi connectivity index (χ0n) is 18.0. The zero-order chi connectivity index (χ0) is 21.8. The third-order valence-electron chi connectivity index (χ3n) is 7.18. The van der Waals surface area contributed by atoms with Crippen molar-refractivity contribution in [3.63, 3.8) is 0 Å². The summed E-state index contributed by atoms with van der Waals surface area (Å²) in [5.41, 5.74) is 3.10. The minimum Gasteiger partial charge on any atom is -0.507 e. The van der Waals surface area contributed by atoms with Crippen molar-refractivity contribution in [3.05, 3.63) is 43.0 Å². The monoisotopic (exact) mass is 434 g/mol. The Morgan fingerprint density at radius 3 is 2.72 bits per heavy atom. The highest BCUT2D eigenvalue weighted by Crippen LogP contribution is 2.37. The molecular weight excluding hydrogens is 407 g/mol. The van der Waals surface area contributed by atoms with Gasteiger partial charge in [0.1, 0.15) is 17.7 Å². The van der Waals surface area contributed by atoms with Crippen LogP contribution in [-0.2, 0) is 0 Å². The lowest BCUT2D eigenvalue weighted by molar-refractivity contribution is 0.176. The lowest BCUT2D eigenvalue weighted by Gasteiger charge is -2.38. The number of hydrogen-bond donors (Lipinski definition) is 2. The average molecular weight is 435 g/mol. The lowest BCUT2D eigenvalue weighted by atomic mass is 9.96. The molecule has 1 aromatic carbocycles. The number of piperidine rings is 1. The highest BCUT2D eigenvalue weighted by atomic mass is 19.1. The van der Waals surface area contributed by atoms with Crippen LogP contribution in [0.25, 0.3) is 22.4 Å². The van der Waals surface area contributed by atoms with Crippen LogP contribution in [0.1, 0.15) is 38.1 Å². The SMILES string of the molecule is CN(c1cnc(-c2ccc(-c3cnn(C4CC4)c3)cc2O)cn1)[C@@H]1CC2CCC(N2)[C@@H]1F. The van der Waals surface area contributed by atoms with Crippen molar-refractivity contribution in [1.82, 2.24) is 25.1 Å². The fourth-order valence-corrected chi connectivity index (χ4v) is 5.11. The maximum atomic E-state index is 14.9. The number of phenolic OH excluding ortho intramolecular Hbond substituents is 1. The molecule has 2 aliphatic heterocycles. The van der Waals surface area contributed by atoms with Crippen LogP contribution in [0.5, 0.6) is 5.75 Å². The predicted octanol–water partition coefficient (Wildman–Crippen LogP) is 3.71. The maximum Gasteiger partial charge on any atom is 0.147 e. The molecule has 4 atom stereocenters. The summed E-state index contributed by atoms with van der Waals surface area (Å²) >= 11 is 0. The Hall–Kier alpha value is -3.00. The lowest BCUT2D eigenvalue weighted by Crippen LogP contribution is -2.55. The molecule has 0 radical (unpaired) electrons. The van der Waals surface area contributed by atoms with E-state index in [2.05, 4.69) is 20.4 Å². The minimum atomic E-state index is -0.916. The standard InChI is InChI=1S/C24H27FN6O/c1-30(21-9-16-3-7-19(29-16)24(21)25)23-12-26-20(11-27-23)18-6-2-14(8-22(18)32)15-10-28-31(13-15)17-4-5-17/h2,6,8,10-13,16-17,19,21,24,29,32H,3-5,7,9H2,1H3/t16?,19?,21-,24+/m1/s1. The number of fused-ring (bicyclic) bond motifs is 2. The normalized spacial score (nSPS) is 26.9. The molecule has 6 rings (SSSR count). The number of benzene rings is 1. The highest BCUT2D eigenvalue weighted by molar-refractivity contribution is 5.73. The third-order valence-corrected chi connectivity index (χ3v) is 7.18. The number of halogens is 1. The summed E-state index contributed by atoms with van der Waals surface area (Å²) in [5, 5.41) is 18.4. The maximum absolute atomic E-state index is 14.9. The number of anilines is 1. The van der Waals surface area contributed by atoms with Gasteiger partial charge in [-0.05, 0) is 49.8 Å². The van der Waals surface area contributed by atoms with Crippen molar-refractivity contribution in [1.29, 1.82) is 0 Å². The van der Waals surface area contributed by atoms with E-state index in [1.165, 1.54) is 12.8 Å². The van der Waals surface area contributed by atoms with Crippen LogP contribution in [0, 0.1) is 0 Å². The first-order valence-electron chi connectivity index (χ1n) is 11.4. The summed E-state index contributed by atoms with van der Waals surface area (Å²) in [5.74, 6) is 0.794. The molecule has 1 aliphatic carbocycles. The summed E-state index contributed by atoms with van der Waals surface area (Å²) in [6.07, 6.45) is 11.3. The number of aromatic nitrogens is 4. The number of hydrogen-bond acceptors (Lipinski definition) is 6. The fraction of sp³-hybridized carbons (Fsp3) is 0.458. The molecule has 8 heteroatoms. The molecule has 2 aromatic heterocycles. The summed E-state index contributed by atoms with van der Waals surface area (Å²) in [6, 6.07) is 6.22. The molecule has 166 valence electrons. The van der Waals surface area contributed by atoms with E-state index in [-0.39, 0.29) is 17.8 Å². The molecule has 2 unspecified atom stereocenters. The summed E-state index contributed by atoms with van der Waals surface area (Å²) in [7, 11) is 1.89. The molecule has 0 amide bonds. The van der Waals surface area contributed by atoms with E-state index in [1.807, 2.05) is 41.2 Å². The van der Waals surface area contributed by atoms with Gasteiger partial charge in [-0.1, -0.05) is 6.07 Å². The van der Waals surface area contributed by atoms with Gasteiger partial charge in [0.05, 0.1) is 36.4 Å². The van der Waals surface area contributed by atoms with Gasteiger partial charge in [-0.3, -0.25) is 9.67 Å². The van der Waals surface area contributed by atoms with Gasteiger partial charge in [-0.2, -0.15) is 5.10 Å². The zero-order valence-corrected chi connectivity index (χ0v) is 18.0. The molecule has 3 aliphatic rings. The predicted molar refractivity (Wildman–Crippen MR) is 120 cm³/mol. The summed E-state index contributed by atoms with van der Waals surface area (Å²) < 4.78 is 16.9. The number of alkyl halides is 1. The quantitative estimate of drug-likeness (QED) is 0.637. The van der Waals surface area contributed by atoms with Crippen LogP contribution >= 0.6 is 0 Å². The van der Waals surface area contributed by atoms with Gasteiger partial charge in [0.25, 0.3) is 0 Å². The smallest absolute Gasteiger partial charge is 0.147 e. The Balaban J connectivity index is 1.20. The molecule has 7 nitrogen and oxygen atoms in total. The van der Waals surface area contributed by atoms with Crippen LogP contribution in [0.2, 0.25) is 0 Å². The van der Waals surface area contributed by atoms with E-state index in [9.17, 15) is 9.50 Å². The number of rotatable bonds is 5. The van der Waals surface area contributed by atoms with Gasteiger partial charge < -0.3 is 15.3 Å². The van der Waals surface area contributed by atoms with Gasteiger partial charge in [-0.15, -0.1) is 0 Å². The second-order valence-electron chi connectivity index (χ2n) is 9.34. The first-order chi connectivity index (χ1) is 15.6. The third kappa shape index (κ3) is 3.43. The van der Waals surface area contributed by atoms with Crippen molar-refractivity contribution in [2.24, 2.45) is 0 Å². The molecule has 4 heterocycles. The van der Waals surface area contributed by atoms with Crippen molar-refractivity contribution < 1.29 is 9.50 Å². The van der Waals surface area contributed by atoms with E-state index in [0.29, 0.717) is 29.2 Å². The highest BCUT2D eigenvalue weighted by Gasteiger charge is 2.43. The number of phenols is 1. The van der Waals surface area contributed by atoms with Crippen LogP contribution in [-0.4, -0.2) is 56.2 Å². The van der Waals surface area contributed by atoms with E-state index >= 15 is 0 Å². The molecule has 2 bridgehead atoms. The number of nitrogens with zero attached hydrogens (tertiary/aromatic N) is 5. The number of aromatic hydroxyl groups is 1. The van der Waals surface area contributed by atoms with Crippen molar-refractivity contribution in [2.75, 3.05) is 11.9 Å². The fourth-order valence-electron chi connectivity index (χ4n) is 5.11. The van der Waals surface area contributed by atoms with Crippen LogP contribution < -0.4 is 10.2 Å². The summed E-state index contributed by atoms with van der Waals surface area (Å²) in [4.78, 5) is 11.0. The number of nitrogens with one attached hydrogen (secondary N) is 1. The topological polar surface area (TPSA) is 79.1 Å². The molecule has 3 aromatic rings. The van der Waals surface area contributed by atoms with Gasteiger partial charge in [0, 0.05) is 36.5 Å². The minimum absolute atomic E-state index is 0.0553. The first kappa shape index (κ1) is 19.7. The van der Waals surface area contributed by atoms with E-state index in [1.54, 1.807) is 18.5 Å². The second-order valence-corrected chi connectivity index (χ2v) is 9.34. The van der Waals surface area contributed by atoms with Crippen molar-refractivity contribution in [2.45, 2.75) is 62.4 Å². The molecule has 3 fully saturated rings. The second kappa shape index (κ2) is 7.55. The largest absolute Gasteiger partial charge is 0.507 e. The van der Waals surface area contributed by atoms with Crippen LogP contribution in [0.4, 0.5) is 10.2 Å². The van der Waals surface area contributed by atoms with Gasteiger partial charge >= 0.3 is 0 Å². The van der Waals surface area contributed by atoms with Gasteiger partial charge in [-0.25, -0.2) is 9.37 Å².